The molecule has 7 nitrogen and oxygen atoms in total. The maximum absolute atomic E-state index is 12.4. The van der Waals surface area contributed by atoms with Crippen LogP contribution in [0.25, 0.3) is 0 Å². The second kappa shape index (κ2) is 9.76. The molecule has 34 heavy (non-hydrogen) atoms. The van der Waals surface area contributed by atoms with Gasteiger partial charge in [0.1, 0.15) is 12.3 Å². The van der Waals surface area contributed by atoms with Crippen molar-refractivity contribution in [2.45, 2.75) is 38.3 Å². The fourth-order valence-corrected chi connectivity index (χ4v) is 5.69. The number of nitrogens with one attached hydrogen (secondary N) is 1. The molecule has 0 spiro atoms. The lowest BCUT2D eigenvalue weighted by Gasteiger charge is -2.23. The maximum Gasteiger partial charge on any atom is 0.253 e. The first-order valence-electron chi connectivity index (χ1n) is 11.2. The summed E-state index contributed by atoms with van der Waals surface area (Å²) in [4.78, 5) is 17.5. The molecular formula is C25H29N3O4S2. The molecule has 2 aliphatic heterocycles. The number of aryl methyl sites for hydroxylation is 1. The number of fused-ring (bicyclic) bond motifs is 2. The largest absolute Gasteiger partial charge is 0.465 e. The first-order valence-corrected chi connectivity index (χ1v) is 13.9. The molecule has 2 aromatic rings. The second-order valence-electron chi connectivity index (χ2n) is 8.30. The molecule has 0 aromatic heterocycles. The molecule has 2 aliphatic rings. The van der Waals surface area contributed by atoms with Crippen LogP contribution < -0.4 is 19.3 Å². The Morgan fingerprint density at radius 2 is 1.94 bits per heavy atom. The summed E-state index contributed by atoms with van der Waals surface area (Å²) in [5.41, 5.74) is 4.23. The molecule has 0 saturated carbocycles. The van der Waals surface area contributed by atoms with Crippen LogP contribution >= 0.6 is 11.8 Å². The van der Waals surface area contributed by atoms with Gasteiger partial charge in [-0.25, -0.2) is 8.42 Å². The number of amides is 1. The van der Waals surface area contributed by atoms with Crippen molar-refractivity contribution in [2.24, 2.45) is 0 Å². The average molecular weight is 500 g/mol. The summed E-state index contributed by atoms with van der Waals surface area (Å²) in [5.74, 6) is 0.299. The Balaban J connectivity index is 1.63. The van der Waals surface area contributed by atoms with Crippen LogP contribution in [0, 0.1) is 6.92 Å². The van der Waals surface area contributed by atoms with Gasteiger partial charge in [-0.05, 0) is 67.8 Å². The maximum atomic E-state index is 12.4. The van der Waals surface area contributed by atoms with Crippen molar-refractivity contribution in [3.8, 4) is 5.75 Å². The number of hydrogen-bond acceptors (Lipinski definition) is 7. The van der Waals surface area contributed by atoms with E-state index in [4.69, 9.17) is 4.74 Å². The van der Waals surface area contributed by atoms with Crippen LogP contribution in [-0.4, -0.2) is 39.9 Å². The average Bonchev–Trinajstić information content (AvgIpc) is 3.28. The van der Waals surface area contributed by atoms with Gasteiger partial charge in [0.05, 0.1) is 22.7 Å². The predicted octanol–water partition coefficient (Wildman–Crippen LogP) is 4.41. The number of ether oxygens (including phenoxy) is 1. The van der Waals surface area contributed by atoms with Gasteiger partial charge >= 0.3 is 0 Å². The van der Waals surface area contributed by atoms with Gasteiger partial charge in [-0.2, -0.15) is 0 Å². The van der Waals surface area contributed by atoms with Gasteiger partial charge in [0.2, 0.25) is 10.0 Å². The molecule has 1 amide bonds. The SMILES string of the molecule is CCC(/C=C1\Sc2ccccc2N1CC(=O)NS(C)(=O)=O)=C\C1Oc2ccc(C)cc2N1CC. The second-order valence-corrected chi connectivity index (χ2v) is 11.1. The Morgan fingerprint density at radius 3 is 2.65 bits per heavy atom. The van der Waals surface area contributed by atoms with Crippen molar-refractivity contribution in [2.75, 3.05) is 29.1 Å². The number of sulfonamides is 1. The standard InChI is InChI=1S/C25H29N3O4S2/c1-5-18(14-24-27(6-2)20-13-17(3)11-12-21(20)32-24)15-25-28(16-23(29)26-34(4,30)31)19-9-7-8-10-22(19)33-25/h7-15,24H,5-6,16H2,1-4H3,(H,26,29)/b18-14+,25-15-. The Hall–Kier alpha value is -2.91. The van der Waals surface area contributed by atoms with E-state index < -0.39 is 15.9 Å². The molecule has 2 aromatic carbocycles. The minimum absolute atomic E-state index is 0.0916. The third-order valence-electron chi connectivity index (χ3n) is 5.63. The lowest BCUT2D eigenvalue weighted by Crippen LogP contribution is -2.38. The van der Waals surface area contributed by atoms with E-state index in [1.807, 2.05) is 41.3 Å². The van der Waals surface area contributed by atoms with E-state index in [1.54, 1.807) is 11.8 Å². The van der Waals surface area contributed by atoms with E-state index in [0.717, 1.165) is 51.8 Å². The van der Waals surface area contributed by atoms with E-state index in [-0.39, 0.29) is 12.8 Å². The molecule has 0 aliphatic carbocycles. The topological polar surface area (TPSA) is 79.0 Å². The number of rotatable bonds is 7. The van der Waals surface area contributed by atoms with E-state index in [2.05, 4.69) is 48.6 Å². The van der Waals surface area contributed by atoms with Gasteiger partial charge in [0, 0.05) is 11.4 Å². The number of carbonyl (C=O) groups excluding carboxylic acids is 1. The van der Waals surface area contributed by atoms with Crippen molar-refractivity contribution < 1.29 is 17.9 Å². The smallest absolute Gasteiger partial charge is 0.253 e. The van der Waals surface area contributed by atoms with Crippen LogP contribution in [0.4, 0.5) is 11.4 Å². The van der Waals surface area contributed by atoms with Gasteiger partial charge in [-0.1, -0.05) is 36.9 Å². The predicted molar refractivity (Wildman–Crippen MR) is 138 cm³/mol. The van der Waals surface area contributed by atoms with Crippen molar-refractivity contribution in [3.63, 3.8) is 0 Å². The summed E-state index contributed by atoms with van der Waals surface area (Å²) in [6.07, 6.45) is 5.71. The van der Waals surface area contributed by atoms with E-state index in [1.165, 1.54) is 5.56 Å². The number of para-hydroxylation sites is 1. The number of hydrogen-bond donors (Lipinski definition) is 1. The highest BCUT2D eigenvalue weighted by atomic mass is 32.2. The highest BCUT2D eigenvalue weighted by Gasteiger charge is 2.30. The van der Waals surface area contributed by atoms with Crippen LogP contribution in [0.2, 0.25) is 0 Å². The molecule has 0 bridgehead atoms. The third kappa shape index (κ3) is 5.26. The number of thioether (sulfide) groups is 1. The monoisotopic (exact) mass is 499 g/mol. The molecule has 1 N–H and O–H groups in total. The first kappa shape index (κ1) is 24.2. The van der Waals surface area contributed by atoms with Crippen molar-refractivity contribution in [1.29, 1.82) is 0 Å². The third-order valence-corrected chi connectivity index (χ3v) is 7.34. The summed E-state index contributed by atoms with van der Waals surface area (Å²) in [7, 11) is -3.63. The molecule has 9 heteroatoms. The molecule has 180 valence electrons. The highest BCUT2D eigenvalue weighted by molar-refractivity contribution is 8.03. The van der Waals surface area contributed by atoms with Crippen LogP contribution in [0.5, 0.6) is 5.75 Å². The number of benzene rings is 2. The lowest BCUT2D eigenvalue weighted by molar-refractivity contribution is -0.117. The minimum atomic E-state index is -3.63. The Kier molecular flexibility index (Phi) is 6.95. The first-order chi connectivity index (χ1) is 16.2. The number of allylic oxidation sites excluding steroid dienone is 2. The summed E-state index contributed by atoms with van der Waals surface area (Å²) in [6.45, 7) is 6.98. The molecular weight excluding hydrogens is 470 g/mol. The Bertz CT molecular complexity index is 1270. The van der Waals surface area contributed by atoms with Gasteiger partial charge in [-0.3, -0.25) is 9.52 Å². The minimum Gasteiger partial charge on any atom is -0.465 e. The van der Waals surface area contributed by atoms with E-state index in [0.29, 0.717) is 0 Å². The zero-order chi connectivity index (χ0) is 24.5. The molecule has 4 rings (SSSR count). The van der Waals surface area contributed by atoms with Crippen LogP contribution in [0.1, 0.15) is 25.8 Å². The highest BCUT2D eigenvalue weighted by Crippen LogP contribution is 2.46. The molecule has 1 atom stereocenters. The fourth-order valence-electron chi connectivity index (χ4n) is 4.07. The number of anilines is 2. The fraction of sp³-hybridized carbons (Fsp3) is 0.320. The zero-order valence-electron chi connectivity index (χ0n) is 19.7. The number of carbonyl (C=O) groups is 1. The van der Waals surface area contributed by atoms with Gasteiger partial charge in [-0.15, -0.1) is 0 Å². The van der Waals surface area contributed by atoms with Gasteiger partial charge in [0.25, 0.3) is 5.91 Å². The van der Waals surface area contributed by atoms with Crippen molar-refractivity contribution in [1.82, 2.24) is 4.72 Å². The van der Waals surface area contributed by atoms with Crippen LogP contribution in [0.15, 0.2) is 70.1 Å². The quantitative estimate of drug-likeness (QED) is 0.605. The Morgan fingerprint density at radius 1 is 1.18 bits per heavy atom. The lowest BCUT2D eigenvalue weighted by atomic mass is 10.1. The molecule has 0 radical (unpaired) electrons. The van der Waals surface area contributed by atoms with Crippen molar-refractivity contribution >= 4 is 39.1 Å². The number of nitrogens with zero attached hydrogens (tertiary/aromatic N) is 2. The summed E-state index contributed by atoms with van der Waals surface area (Å²) >= 11 is 1.56. The van der Waals surface area contributed by atoms with E-state index >= 15 is 0 Å². The van der Waals surface area contributed by atoms with E-state index in [9.17, 15) is 13.2 Å². The zero-order valence-corrected chi connectivity index (χ0v) is 21.4. The van der Waals surface area contributed by atoms with Gasteiger partial charge in [0.15, 0.2) is 6.23 Å². The Labute approximate surface area is 205 Å². The normalized spacial score (nSPS) is 18.6. The van der Waals surface area contributed by atoms with Crippen LogP contribution in [0.3, 0.4) is 0 Å². The molecule has 2 heterocycles. The van der Waals surface area contributed by atoms with Crippen LogP contribution in [-0.2, 0) is 14.8 Å². The summed E-state index contributed by atoms with van der Waals surface area (Å²) in [5, 5.41) is 0.868. The van der Waals surface area contributed by atoms with Crippen molar-refractivity contribution in [3.05, 3.63) is 70.8 Å². The summed E-state index contributed by atoms with van der Waals surface area (Å²) < 4.78 is 31.4. The molecule has 0 fully saturated rings. The summed E-state index contributed by atoms with van der Waals surface area (Å²) in [6, 6.07) is 14.0. The molecule has 0 saturated heterocycles. The molecule has 1 unspecified atom stereocenters. The number of likely N-dealkylation sites (N-methyl/N-ethyl adjacent to an activating group) is 1. The van der Waals surface area contributed by atoms with Gasteiger partial charge < -0.3 is 14.5 Å².